The summed E-state index contributed by atoms with van der Waals surface area (Å²) >= 11 is 0. The van der Waals surface area contributed by atoms with E-state index in [2.05, 4.69) is 14.7 Å². The van der Waals surface area contributed by atoms with Crippen molar-refractivity contribution in [1.29, 1.82) is 0 Å². The van der Waals surface area contributed by atoms with Crippen LogP contribution in [0, 0.1) is 0 Å². The molecule has 3 N–H and O–H groups in total. The first kappa shape index (κ1) is 20.5. The molecule has 0 unspecified atom stereocenters. The Hall–Kier alpha value is -3.79. The van der Waals surface area contributed by atoms with Crippen molar-refractivity contribution in [1.82, 2.24) is 9.97 Å². The number of hydrogen-bond acceptors (Lipinski definition) is 6. The Morgan fingerprint density at radius 2 is 1.94 bits per heavy atom. The number of aromatic amines is 2. The molecule has 0 saturated carbocycles. The Morgan fingerprint density at radius 3 is 2.68 bits per heavy atom. The van der Waals surface area contributed by atoms with Gasteiger partial charge in [0.15, 0.2) is 5.75 Å². The molecule has 2 aromatic heterocycles. The van der Waals surface area contributed by atoms with Crippen LogP contribution in [0.2, 0.25) is 0 Å². The molecular weight excluding hydrogens is 422 g/mol. The van der Waals surface area contributed by atoms with Crippen LogP contribution in [-0.2, 0) is 14.8 Å². The van der Waals surface area contributed by atoms with Gasteiger partial charge in [0.05, 0.1) is 23.9 Å². The maximum Gasteiger partial charge on any atom is 0.513 e. The number of rotatable bonds is 5. The minimum atomic E-state index is -3.48. The van der Waals surface area contributed by atoms with Gasteiger partial charge in [0, 0.05) is 22.7 Å². The van der Waals surface area contributed by atoms with Crippen molar-refractivity contribution in [3.8, 4) is 16.9 Å². The lowest BCUT2D eigenvalue weighted by atomic mass is 10.0. The van der Waals surface area contributed by atoms with Gasteiger partial charge in [0.1, 0.15) is 5.52 Å². The molecule has 0 aliphatic carbocycles. The first-order chi connectivity index (χ1) is 14.8. The van der Waals surface area contributed by atoms with E-state index >= 15 is 0 Å². The largest absolute Gasteiger partial charge is 0.513 e. The summed E-state index contributed by atoms with van der Waals surface area (Å²) in [6.45, 7) is 1.81. The fourth-order valence-corrected chi connectivity index (χ4v) is 3.98. The smallest absolute Gasteiger partial charge is 0.434 e. The molecule has 4 rings (SSSR count). The van der Waals surface area contributed by atoms with Crippen molar-refractivity contribution in [3.63, 3.8) is 0 Å². The number of carbonyl (C=O) groups is 1. The van der Waals surface area contributed by atoms with E-state index in [1.54, 1.807) is 49.4 Å². The molecule has 2 heterocycles. The van der Waals surface area contributed by atoms with Crippen LogP contribution >= 0.6 is 0 Å². The van der Waals surface area contributed by atoms with Gasteiger partial charge in [-0.3, -0.25) is 9.52 Å². The molecule has 0 fully saturated rings. The van der Waals surface area contributed by atoms with E-state index in [1.165, 1.54) is 6.20 Å². The molecule has 0 amide bonds. The average Bonchev–Trinajstić information content (AvgIpc) is 3.12. The zero-order valence-corrected chi connectivity index (χ0v) is 17.5. The van der Waals surface area contributed by atoms with Gasteiger partial charge in [-0.2, -0.15) is 0 Å². The van der Waals surface area contributed by atoms with Crippen LogP contribution in [0.1, 0.15) is 6.92 Å². The highest BCUT2D eigenvalue weighted by molar-refractivity contribution is 7.92. The van der Waals surface area contributed by atoms with Crippen molar-refractivity contribution in [2.24, 2.45) is 0 Å². The monoisotopic (exact) mass is 441 g/mol. The second-order valence-corrected chi connectivity index (χ2v) is 8.57. The van der Waals surface area contributed by atoms with Gasteiger partial charge in [-0.25, -0.2) is 13.2 Å². The number of anilines is 1. The molecule has 160 valence electrons. The Labute approximate surface area is 177 Å². The number of H-pyrrole nitrogens is 2. The maximum atomic E-state index is 12.4. The summed E-state index contributed by atoms with van der Waals surface area (Å²) in [6.07, 6.45) is 1.62. The Morgan fingerprint density at radius 1 is 1.16 bits per heavy atom. The fraction of sp³-hybridized carbons (Fsp3) is 0.143. The van der Waals surface area contributed by atoms with Crippen LogP contribution in [0.3, 0.4) is 0 Å². The number of benzene rings is 2. The van der Waals surface area contributed by atoms with E-state index in [1.807, 2.05) is 0 Å². The summed E-state index contributed by atoms with van der Waals surface area (Å²) in [5.74, 6) is 0.157. The summed E-state index contributed by atoms with van der Waals surface area (Å²) in [4.78, 5) is 29.9. The number of hydrogen-bond donors (Lipinski definition) is 3. The summed E-state index contributed by atoms with van der Waals surface area (Å²) in [6, 6.07) is 12.2. The summed E-state index contributed by atoms with van der Waals surface area (Å²) in [5.41, 5.74) is 2.18. The molecule has 10 heteroatoms. The third-order valence-corrected chi connectivity index (χ3v) is 5.19. The number of fused-ring (bicyclic) bond motifs is 3. The number of carbonyl (C=O) groups excluding carboxylic acids is 1. The number of nitrogens with one attached hydrogen (secondary N) is 3. The SMILES string of the molecule is CCOC(=O)Oc1c[nH]c2c(=O)[nH]c3ccc(-c4ccccc4NS(C)(=O)=O)cc3c12. The van der Waals surface area contributed by atoms with Crippen molar-refractivity contribution < 1.29 is 22.7 Å². The van der Waals surface area contributed by atoms with Crippen molar-refractivity contribution >= 4 is 43.7 Å². The van der Waals surface area contributed by atoms with Gasteiger partial charge in [0.25, 0.3) is 5.56 Å². The molecule has 0 atom stereocenters. The third-order valence-electron chi connectivity index (χ3n) is 4.60. The average molecular weight is 441 g/mol. The second kappa shape index (κ2) is 7.80. The molecule has 4 aromatic rings. The molecule has 0 aliphatic rings. The van der Waals surface area contributed by atoms with E-state index in [0.29, 0.717) is 33.1 Å². The van der Waals surface area contributed by atoms with Crippen molar-refractivity contribution in [3.05, 3.63) is 59.0 Å². The third kappa shape index (κ3) is 4.10. The quantitative estimate of drug-likeness (QED) is 0.406. The van der Waals surface area contributed by atoms with Crippen LogP contribution < -0.4 is 15.0 Å². The Bertz CT molecular complexity index is 1470. The molecule has 0 spiro atoms. The number of sulfonamides is 1. The van der Waals surface area contributed by atoms with Crippen LogP contribution in [0.4, 0.5) is 10.5 Å². The first-order valence-corrected chi connectivity index (χ1v) is 11.2. The Balaban J connectivity index is 1.93. The molecule has 31 heavy (non-hydrogen) atoms. The zero-order chi connectivity index (χ0) is 22.2. The molecule has 0 radical (unpaired) electrons. The van der Waals surface area contributed by atoms with Gasteiger partial charge >= 0.3 is 6.16 Å². The van der Waals surface area contributed by atoms with Crippen LogP contribution in [0.5, 0.6) is 5.75 Å². The van der Waals surface area contributed by atoms with Crippen LogP contribution in [0.15, 0.2) is 53.5 Å². The van der Waals surface area contributed by atoms with Gasteiger partial charge in [0.2, 0.25) is 10.0 Å². The molecule has 0 saturated heterocycles. The number of aromatic nitrogens is 2. The first-order valence-electron chi connectivity index (χ1n) is 9.35. The van der Waals surface area contributed by atoms with Crippen LogP contribution in [-0.4, -0.2) is 37.4 Å². The van der Waals surface area contributed by atoms with Gasteiger partial charge in [-0.05, 0) is 30.7 Å². The highest BCUT2D eigenvalue weighted by Gasteiger charge is 2.17. The highest BCUT2D eigenvalue weighted by Crippen LogP contribution is 2.35. The van der Waals surface area contributed by atoms with E-state index in [0.717, 1.165) is 6.26 Å². The normalized spacial score (nSPS) is 11.5. The maximum absolute atomic E-state index is 12.4. The number of pyridine rings is 1. The van der Waals surface area contributed by atoms with Gasteiger partial charge in [-0.15, -0.1) is 0 Å². The molecule has 0 bridgehead atoms. The highest BCUT2D eigenvalue weighted by atomic mass is 32.2. The topological polar surface area (TPSA) is 130 Å². The zero-order valence-electron chi connectivity index (χ0n) is 16.7. The van der Waals surface area contributed by atoms with E-state index < -0.39 is 16.2 Å². The van der Waals surface area contributed by atoms with E-state index in [-0.39, 0.29) is 23.4 Å². The number of ether oxygens (including phenoxy) is 2. The van der Waals surface area contributed by atoms with Crippen LogP contribution in [0.25, 0.3) is 32.9 Å². The van der Waals surface area contributed by atoms with Gasteiger partial charge in [-0.1, -0.05) is 24.3 Å². The number of para-hydroxylation sites is 1. The molecule has 2 aromatic carbocycles. The lowest BCUT2D eigenvalue weighted by Crippen LogP contribution is -2.11. The predicted octanol–water partition coefficient (Wildman–Crippen LogP) is 3.58. The second-order valence-electron chi connectivity index (χ2n) is 6.82. The minimum absolute atomic E-state index is 0.150. The standard InChI is InChI=1S/C21H19N3O6S/c1-3-29-21(26)30-17-11-22-19-18(17)14-10-12(8-9-15(14)23-20(19)25)13-6-4-5-7-16(13)24-31(2,27)28/h4-11,22,24H,3H2,1-2H3,(H,23,25). The predicted molar refractivity (Wildman–Crippen MR) is 118 cm³/mol. The molecular formula is C21H19N3O6S. The van der Waals surface area contributed by atoms with E-state index in [4.69, 9.17) is 9.47 Å². The van der Waals surface area contributed by atoms with Gasteiger partial charge < -0.3 is 19.4 Å². The lowest BCUT2D eigenvalue weighted by molar-refractivity contribution is 0.105. The summed E-state index contributed by atoms with van der Waals surface area (Å²) in [7, 11) is -3.48. The van der Waals surface area contributed by atoms with E-state index in [9.17, 15) is 18.0 Å². The lowest BCUT2D eigenvalue weighted by Gasteiger charge is -2.12. The minimum Gasteiger partial charge on any atom is -0.434 e. The van der Waals surface area contributed by atoms with Crippen molar-refractivity contribution in [2.75, 3.05) is 17.6 Å². The van der Waals surface area contributed by atoms with Crippen molar-refractivity contribution in [2.45, 2.75) is 6.92 Å². The molecule has 9 nitrogen and oxygen atoms in total. The Kier molecular flexibility index (Phi) is 5.15. The summed E-state index contributed by atoms with van der Waals surface area (Å²) < 4.78 is 36.1. The fourth-order valence-electron chi connectivity index (χ4n) is 3.41. The summed E-state index contributed by atoms with van der Waals surface area (Å²) in [5, 5.41) is 1.03. The molecule has 0 aliphatic heterocycles.